The molecule has 4 rings (SSSR count). The van der Waals surface area contributed by atoms with E-state index >= 15 is 0 Å². The van der Waals surface area contributed by atoms with Crippen LogP contribution in [0.2, 0.25) is 10.0 Å². The number of hydrogen-bond acceptors (Lipinski definition) is 5. The lowest BCUT2D eigenvalue weighted by atomic mass is 10.1. The Morgan fingerprint density at radius 2 is 1.74 bits per heavy atom. The predicted octanol–water partition coefficient (Wildman–Crippen LogP) is 6.96. The molecule has 0 unspecified atom stereocenters. The van der Waals surface area contributed by atoms with Gasteiger partial charge < -0.3 is 9.47 Å². The molecule has 1 saturated heterocycles. The molecule has 0 saturated carbocycles. The summed E-state index contributed by atoms with van der Waals surface area (Å²) < 4.78 is 25.0. The van der Waals surface area contributed by atoms with Gasteiger partial charge in [-0.15, -0.1) is 0 Å². The number of imide groups is 1. The van der Waals surface area contributed by atoms with Gasteiger partial charge in [0.1, 0.15) is 12.4 Å². The van der Waals surface area contributed by atoms with E-state index in [0.717, 1.165) is 16.7 Å². The molecule has 0 aromatic heterocycles. The van der Waals surface area contributed by atoms with Crippen LogP contribution in [0, 0.1) is 5.82 Å². The summed E-state index contributed by atoms with van der Waals surface area (Å²) in [6, 6.07) is 16.4. The van der Waals surface area contributed by atoms with Gasteiger partial charge in [-0.05, 0) is 53.7 Å². The van der Waals surface area contributed by atoms with Crippen LogP contribution >= 0.6 is 35.0 Å². The fraction of sp³-hybridized carbons (Fsp3) is 0.120. The number of ether oxygens (including phenoxy) is 2. The second-order valence-corrected chi connectivity index (χ2v) is 9.07. The van der Waals surface area contributed by atoms with Gasteiger partial charge >= 0.3 is 0 Å². The smallest absolute Gasteiger partial charge is 0.293 e. The minimum atomic E-state index is -0.440. The number of rotatable bonds is 7. The number of methoxy groups -OCH3 is 1. The fourth-order valence-corrected chi connectivity index (χ4v) is 4.65. The van der Waals surface area contributed by atoms with Gasteiger partial charge in [0.2, 0.25) is 0 Å². The zero-order valence-corrected chi connectivity index (χ0v) is 20.2. The molecule has 0 radical (unpaired) electrons. The molecule has 0 aliphatic carbocycles. The highest BCUT2D eigenvalue weighted by atomic mass is 35.5. The Balaban J connectivity index is 1.51. The van der Waals surface area contributed by atoms with Crippen molar-refractivity contribution in [2.45, 2.75) is 13.2 Å². The Morgan fingerprint density at radius 3 is 2.44 bits per heavy atom. The van der Waals surface area contributed by atoms with Crippen LogP contribution < -0.4 is 9.47 Å². The normalized spacial score (nSPS) is 14.7. The molecule has 0 bridgehead atoms. The molecule has 5 nitrogen and oxygen atoms in total. The van der Waals surface area contributed by atoms with E-state index in [4.69, 9.17) is 32.7 Å². The predicted molar refractivity (Wildman–Crippen MR) is 132 cm³/mol. The molecule has 0 spiro atoms. The molecule has 3 aromatic rings. The first-order valence-corrected chi connectivity index (χ1v) is 11.7. The number of thioether (sulfide) groups is 1. The van der Waals surface area contributed by atoms with Crippen LogP contribution in [0.4, 0.5) is 9.18 Å². The molecule has 0 atom stereocenters. The van der Waals surface area contributed by atoms with E-state index < -0.39 is 11.1 Å². The third-order valence-electron chi connectivity index (χ3n) is 5.08. The Labute approximate surface area is 210 Å². The zero-order chi connectivity index (χ0) is 24.2. The molecular formula is C25H18Cl2FNO4S. The summed E-state index contributed by atoms with van der Waals surface area (Å²) in [4.78, 5) is 26.8. The first-order chi connectivity index (χ1) is 16.4. The lowest BCUT2D eigenvalue weighted by Crippen LogP contribution is -2.27. The van der Waals surface area contributed by atoms with Crippen LogP contribution in [0.25, 0.3) is 6.08 Å². The number of hydrogen-bond donors (Lipinski definition) is 0. The molecule has 0 N–H and O–H groups in total. The highest BCUT2D eigenvalue weighted by Gasteiger charge is 2.35. The summed E-state index contributed by atoms with van der Waals surface area (Å²) in [6.45, 7) is 0.0124. The van der Waals surface area contributed by atoms with E-state index in [1.54, 1.807) is 60.7 Å². The average molecular weight is 518 g/mol. The van der Waals surface area contributed by atoms with Gasteiger partial charge in [0.05, 0.1) is 18.6 Å². The van der Waals surface area contributed by atoms with Crippen LogP contribution in [0.1, 0.15) is 16.7 Å². The Kier molecular flexibility index (Phi) is 7.46. The van der Waals surface area contributed by atoms with E-state index in [1.165, 1.54) is 13.2 Å². The summed E-state index contributed by atoms with van der Waals surface area (Å²) in [5, 5.41) is 0.349. The van der Waals surface area contributed by atoms with E-state index in [0.29, 0.717) is 38.2 Å². The van der Waals surface area contributed by atoms with Crippen molar-refractivity contribution in [3.05, 3.63) is 98.1 Å². The highest BCUT2D eigenvalue weighted by Crippen LogP contribution is 2.37. The second kappa shape index (κ2) is 10.5. The fourth-order valence-electron chi connectivity index (χ4n) is 3.29. The molecule has 1 aliphatic rings. The lowest BCUT2D eigenvalue weighted by Gasteiger charge is -2.14. The van der Waals surface area contributed by atoms with Crippen molar-refractivity contribution in [1.29, 1.82) is 0 Å². The minimum absolute atomic E-state index is 0.0212. The van der Waals surface area contributed by atoms with Gasteiger partial charge in [-0.1, -0.05) is 53.5 Å². The van der Waals surface area contributed by atoms with Gasteiger partial charge in [-0.2, -0.15) is 0 Å². The summed E-state index contributed by atoms with van der Waals surface area (Å²) in [6.07, 6.45) is 1.60. The molecule has 1 aliphatic heterocycles. The number of halogens is 3. The molecular weight excluding hydrogens is 500 g/mol. The highest BCUT2D eigenvalue weighted by molar-refractivity contribution is 8.18. The first kappa shape index (κ1) is 24.1. The van der Waals surface area contributed by atoms with Crippen LogP contribution in [0.15, 0.2) is 65.6 Å². The first-order valence-electron chi connectivity index (χ1n) is 10.1. The monoisotopic (exact) mass is 517 g/mol. The largest absolute Gasteiger partial charge is 0.493 e. The topological polar surface area (TPSA) is 55.8 Å². The maximum atomic E-state index is 13.8. The standard InChI is InChI=1S/C25H18Cl2FNO4S/c1-32-22-11-15(9-10-21(22)33-14-16-5-2-3-8-20(16)28)12-23-24(30)29(25(31)34-23)13-17-18(26)6-4-7-19(17)27/h2-12H,13-14H2,1H3/b23-12+. The van der Waals surface area contributed by atoms with Crippen molar-refractivity contribution >= 4 is 52.2 Å². The van der Waals surface area contributed by atoms with Gasteiger partial charge in [0.15, 0.2) is 11.5 Å². The van der Waals surface area contributed by atoms with Crippen molar-refractivity contribution in [2.75, 3.05) is 7.11 Å². The Hall–Kier alpha value is -3.00. The Bertz CT molecular complexity index is 1280. The van der Waals surface area contributed by atoms with Gasteiger partial charge in [-0.3, -0.25) is 14.5 Å². The number of nitrogens with zero attached hydrogens (tertiary/aromatic N) is 1. The van der Waals surface area contributed by atoms with Crippen LogP contribution in [0.3, 0.4) is 0 Å². The van der Waals surface area contributed by atoms with E-state index in [9.17, 15) is 14.0 Å². The van der Waals surface area contributed by atoms with Crippen LogP contribution in [-0.4, -0.2) is 23.2 Å². The van der Waals surface area contributed by atoms with Crippen LogP contribution in [0.5, 0.6) is 11.5 Å². The molecule has 3 aromatic carbocycles. The molecule has 1 heterocycles. The van der Waals surface area contributed by atoms with Crippen LogP contribution in [-0.2, 0) is 17.9 Å². The summed E-state index contributed by atoms with van der Waals surface area (Å²) >= 11 is 13.2. The van der Waals surface area contributed by atoms with Crippen molar-refractivity contribution in [1.82, 2.24) is 4.90 Å². The van der Waals surface area contributed by atoms with Gasteiger partial charge in [0.25, 0.3) is 11.1 Å². The van der Waals surface area contributed by atoms with Crippen molar-refractivity contribution in [3.8, 4) is 11.5 Å². The van der Waals surface area contributed by atoms with E-state index in [1.807, 2.05) is 0 Å². The SMILES string of the molecule is COc1cc(/C=C2/SC(=O)N(Cc3c(Cl)cccc3Cl)C2=O)ccc1OCc1ccccc1F. The van der Waals surface area contributed by atoms with Crippen molar-refractivity contribution < 1.29 is 23.5 Å². The van der Waals surface area contributed by atoms with Crippen molar-refractivity contribution in [2.24, 2.45) is 0 Å². The minimum Gasteiger partial charge on any atom is -0.493 e. The maximum absolute atomic E-state index is 13.8. The maximum Gasteiger partial charge on any atom is 0.293 e. The number of amides is 2. The van der Waals surface area contributed by atoms with E-state index in [2.05, 4.69) is 0 Å². The van der Waals surface area contributed by atoms with E-state index in [-0.39, 0.29) is 23.9 Å². The quantitative estimate of drug-likeness (QED) is 0.317. The third kappa shape index (κ3) is 5.22. The number of carbonyl (C=O) groups is 2. The number of benzene rings is 3. The third-order valence-corrected chi connectivity index (χ3v) is 6.69. The van der Waals surface area contributed by atoms with Crippen molar-refractivity contribution in [3.63, 3.8) is 0 Å². The van der Waals surface area contributed by atoms with Gasteiger partial charge in [0, 0.05) is 21.2 Å². The molecule has 34 heavy (non-hydrogen) atoms. The summed E-state index contributed by atoms with van der Waals surface area (Å²) in [7, 11) is 1.48. The molecule has 174 valence electrons. The average Bonchev–Trinajstić information content (AvgIpc) is 3.08. The molecule has 1 fully saturated rings. The summed E-state index contributed by atoms with van der Waals surface area (Å²) in [5.41, 5.74) is 1.56. The zero-order valence-electron chi connectivity index (χ0n) is 17.9. The number of carbonyl (C=O) groups excluding carboxylic acids is 2. The van der Waals surface area contributed by atoms with Gasteiger partial charge in [-0.25, -0.2) is 4.39 Å². The summed E-state index contributed by atoms with van der Waals surface area (Å²) in [5.74, 6) is 0.0354. The Morgan fingerprint density at radius 1 is 1.00 bits per heavy atom. The molecule has 2 amide bonds. The second-order valence-electron chi connectivity index (χ2n) is 7.26. The lowest BCUT2D eigenvalue weighted by molar-refractivity contribution is -0.123. The molecule has 9 heteroatoms.